The van der Waals surface area contributed by atoms with E-state index in [-0.39, 0.29) is 72.7 Å². The SMILES string of the molecule is CC(=O)N[C@@H](CCCCN)C(=O)NCC(=O)N[C@@H](CCC(=O)O)C(=O)Nc1ccc(COC(=O)N(C)CCN(C)C(=O)OCC(=O)[C@@]23O[C@H](c4ccc(CC56CC(N)(C5)C6)cc4)O[C@@H]2C[C@H]2[C@@H]4CCC5=CC(=O)C=C[C@]5(C)[C@H]4[C@@H](O)C[C@@]23C)cc1. The Bertz CT molecular complexity index is 2970. The van der Waals surface area contributed by atoms with Gasteiger partial charge in [-0.1, -0.05) is 61.9 Å². The largest absolute Gasteiger partial charge is 0.481 e. The molecule has 7 aliphatic carbocycles. The number of nitrogens with zero attached hydrogens (tertiary/aromatic N) is 2. The van der Waals surface area contributed by atoms with Gasteiger partial charge in [-0.15, -0.1) is 0 Å². The number of ether oxygens (including phenoxy) is 4. The number of hydrogen-bond acceptors (Lipinski definition) is 16. The monoisotopic (exact) mass is 1180 g/mol. The van der Waals surface area contributed by atoms with E-state index in [9.17, 15) is 48.6 Å². The molecule has 2 aromatic carbocycles. The number of Topliss-reactive ketones (excluding diaryl/α,β-unsaturated/α-hetero) is 1. The molecule has 0 spiro atoms. The molecular formula is C62H82N8O15. The Morgan fingerprint density at radius 1 is 0.859 bits per heavy atom. The average molecular weight is 1180 g/mol. The quantitative estimate of drug-likeness (QED) is 0.0649. The number of nitrogens with one attached hydrogen (secondary N) is 4. The molecule has 6 saturated carbocycles. The molecule has 23 nitrogen and oxygen atoms in total. The van der Waals surface area contributed by atoms with Crippen LogP contribution in [-0.2, 0) is 65.5 Å². The number of carbonyl (C=O) groups is 9. The molecule has 0 radical (unpaired) electrons. The minimum Gasteiger partial charge on any atom is -0.481 e. The van der Waals surface area contributed by atoms with E-state index in [0.717, 1.165) is 43.2 Å². The molecule has 8 aliphatic rings. The zero-order chi connectivity index (χ0) is 61.2. The molecule has 10 rings (SSSR count). The summed E-state index contributed by atoms with van der Waals surface area (Å²) in [6.07, 6.45) is 8.18. The Hall–Kier alpha value is -7.05. The minimum atomic E-state index is -1.58. The number of carbonyl (C=O) groups excluding carboxylic acids is 8. The van der Waals surface area contributed by atoms with Gasteiger partial charge in [0.2, 0.25) is 29.4 Å². The lowest BCUT2D eigenvalue weighted by molar-refractivity contribution is -0.201. The van der Waals surface area contributed by atoms with Gasteiger partial charge in [0, 0.05) is 74.1 Å². The van der Waals surface area contributed by atoms with E-state index >= 15 is 4.79 Å². The number of aliphatic hydroxyl groups is 1. The maximum Gasteiger partial charge on any atom is 0.409 e. The van der Waals surface area contributed by atoms with Crippen LogP contribution in [0, 0.1) is 34.0 Å². The summed E-state index contributed by atoms with van der Waals surface area (Å²) in [6, 6.07) is 12.2. The number of ketones is 2. The van der Waals surface area contributed by atoms with Gasteiger partial charge in [0.05, 0.1) is 18.8 Å². The van der Waals surface area contributed by atoms with Gasteiger partial charge >= 0.3 is 18.2 Å². The van der Waals surface area contributed by atoms with E-state index in [2.05, 4.69) is 40.3 Å². The normalized spacial score (nSPS) is 30.6. The van der Waals surface area contributed by atoms with Gasteiger partial charge in [-0.2, -0.15) is 0 Å². The van der Waals surface area contributed by atoms with Crippen molar-refractivity contribution in [1.29, 1.82) is 0 Å². The van der Waals surface area contributed by atoms with Crippen LogP contribution in [0.3, 0.4) is 0 Å². The molecule has 2 aromatic rings. The third-order valence-corrected chi connectivity index (χ3v) is 19.3. The zero-order valence-corrected chi connectivity index (χ0v) is 49.2. The first-order valence-corrected chi connectivity index (χ1v) is 29.6. The predicted octanol–water partition coefficient (Wildman–Crippen LogP) is 4.10. The number of rotatable bonds is 25. The highest BCUT2D eigenvalue weighted by Gasteiger charge is 2.76. The van der Waals surface area contributed by atoms with Crippen LogP contribution in [0.1, 0.15) is 121 Å². The van der Waals surface area contributed by atoms with Crippen LogP contribution >= 0.6 is 0 Å². The smallest absolute Gasteiger partial charge is 0.409 e. The van der Waals surface area contributed by atoms with Crippen LogP contribution in [-0.4, -0.2) is 156 Å². The number of amides is 6. The molecule has 1 saturated heterocycles. The van der Waals surface area contributed by atoms with Crippen molar-refractivity contribution in [3.8, 4) is 0 Å². The molecule has 10 N–H and O–H groups in total. The number of allylic oxidation sites excluding steroid dienone is 4. The van der Waals surface area contributed by atoms with Crippen LogP contribution in [0.2, 0.25) is 0 Å². The minimum absolute atomic E-state index is 0.00451. The Morgan fingerprint density at radius 2 is 1.52 bits per heavy atom. The Balaban J connectivity index is 0.766. The summed E-state index contributed by atoms with van der Waals surface area (Å²) >= 11 is 0. The number of carboxylic acid groups (broad SMARTS) is 1. The van der Waals surface area contributed by atoms with Gasteiger partial charge in [0.25, 0.3) is 0 Å². The van der Waals surface area contributed by atoms with Crippen molar-refractivity contribution in [2.75, 3.05) is 52.2 Å². The second-order valence-corrected chi connectivity index (χ2v) is 25.4. The van der Waals surface area contributed by atoms with Crippen LogP contribution in [0.5, 0.6) is 0 Å². The van der Waals surface area contributed by atoms with Gasteiger partial charge in [0.15, 0.2) is 24.3 Å². The zero-order valence-electron chi connectivity index (χ0n) is 49.2. The molecule has 85 heavy (non-hydrogen) atoms. The Kier molecular flexibility index (Phi) is 18.5. The predicted molar refractivity (Wildman–Crippen MR) is 307 cm³/mol. The standard InChI is InChI=1S/C62H82N8O15/c1-36(71)66-45(8-6-7-23-63)53(78)65-30-50(75)68-46(19-20-51(76)77)54(79)67-41-16-11-38(12-17-41)31-82-56(80)69(4)24-25-70(5)57(81)83-32-48(74)62-49(84-55(85-62)39-13-9-37(10-14-39)28-60-33-61(64,34-60)35-60)27-44-43-18-15-40-26-42(72)21-22-58(40,2)52(43)47(73)29-59(44,62)3/h9-14,16-17,21-22,26,43-47,49,52,55,73H,6-8,15,18-20,23-25,27-35,63-64H2,1-5H3,(H,65,78)(H,66,71)(H,67,79)(H,68,75)(H,76,77)/t43-,44-,45-,46-,47-,49+,52+,55+,58-,59-,60?,61?,62+/m0/s1. The first-order chi connectivity index (χ1) is 40.3. The molecule has 0 unspecified atom stereocenters. The number of anilines is 1. The summed E-state index contributed by atoms with van der Waals surface area (Å²) in [6.45, 7) is 4.45. The molecular weight excluding hydrogens is 1100 g/mol. The third kappa shape index (κ3) is 13.1. The van der Waals surface area contributed by atoms with Crippen LogP contribution < -0.4 is 32.7 Å². The van der Waals surface area contributed by atoms with Crippen LogP contribution in [0.15, 0.2) is 72.3 Å². The van der Waals surface area contributed by atoms with Crippen molar-refractivity contribution in [3.05, 3.63) is 89.0 Å². The Labute approximate surface area is 494 Å². The lowest BCUT2D eigenvalue weighted by Gasteiger charge is -2.69. The van der Waals surface area contributed by atoms with E-state index in [1.165, 1.54) is 48.5 Å². The Morgan fingerprint density at radius 3 is 2.16 bits per heavy atom. The molecule has 23 heteroatoms. The summed E-state index contributed by atoms with van der Waals surface area (Å²) in [5.74, 6) is -4.58. The fourth-order valence-corrected chi connectivity index (χ4v) is 15.3. The summed E-state index contributed by atoms with van der Waals surface area (Å²) in [5.41, 5.74) is 12.9. The van der Waals surface area contributed by atoms with Gasteiger partial charge < -0.3 is 71.7 Å². The number of aliphatic carboxylic acids is 1. The van der Waals surface area contributed by atoms with Crippen molar-refractivity contribution >= 4 is 59.0 Å². The van der Waals surface area contributed by atoms with Crippen molar-refractivity contribution in [3.63, 3.8) is 0 Å². The number of unbranched alkanes of at least 4 members (excludes halogenated alkanes) is 1. The molecule has 11 atom stereocenters. The number of carboxylic acids is 1. The highest BCUT2D eigenvalue weighted by atomic mass is 16.7. The summed E-state index contributed by atoms with van der Waals surface area (Å²) in [7, 11) is 2.97. The summed E-state index contributed by atoms with van der Waals surface area (Å²) in [5, 5.41) is 31.7. The van der Waals surface area contributed by atoms with Crippen molar-refractivity contribution in [1.82, 2.24) is 25.8 Å². The maximum absolute atomic E-state index is 15.1. The summed E-state index contributed by atoms with van der Waals surface area (Å²) in [4.78, 5) is 119. The van der Waals surface area contributed by atoms with Crippen LogP contribution in [0.25, 0.3) is 0 Å². The highest BCUT2D eigenvalue weighted by Crippen LogP contribution is 2.71. The number of aliphatic hydroxyl groups excluding tert-OH is 1. The molecule has 460 valence electrons. The average Bonchev–Trinajstić information content (AvgIpc) is 1.64. The van der Waals surface area contributed by atoms with Gasteiger partial charge in [0.1, 0.15) is 18.7 Å². The topological polar surface area (TPSA) is 338 Å². The first-order valence-electron chi connectivity index (χ1n) is 29.6. The second-order valence-electron chi connectivity index (χ2n) is 25.4. The van der Waals surface area contributed by atoms with Gasteiger partial charge in [-0.3, -0.25) is 33.6 Å². The first kappa shape index (κ1) is 62.5. The molecule has 1 heterocycles. The van der Waals surface area contributed by atoms with Crippen LogP contribution in [0.4, 0.5) is 15.3 Å². The van der Waals surface area contributed by atoms with E-state index in [1.807, 2.05) is 25.1 Å². The van der Waals surface area contributed by atoms with Crippen molar-refractivity contribution in [2.45, 2.75) is 153 Å². The molecule has 2 bridgehead atoms. The lowest BCUT2D eigenvalue weighted by atomic mass is 9.38. The number of hydrogen-bond donors (Lipinski definition) is 8. The third-order valence-electron chi connectivity index (χ3n) is 19.3. The fraction of sp³-hybridized carbons (Fsp3) is 0.597. The summed E-state index contributed by atoms with van der Waals surface area (Å²) < 4.78 is 25.1. The van der Waals surface area contributed by atoms with E-state index in [0.29, 0.717) is 44.2 Å². The van der Waals surface area contributed by atoms with Gasteiger partial charge in [-0.05, 0) is 136 Å². The number of likely N-dealkylation sites (N-methyl/N-ethyl adjacent to an activating group) is 2. The van der Waals surface area contributed by atoms with Gasteiger partial charge in [-0.25, -0.2) is 9.59 Å². The number of fused-ring (bicyclic) bond motifs is 7. The molecule has 6 amide bonds. The molecule has 7 fully saturated rings. The molecule has 0 aromatic heterocycles. The van der Waals surface area contributed by atoms with E-state index < -0.39 is 114 Å². The maximum atomic E-state index is 15.1. The fourth-order valence-electron chi connectivity index (χ4n) is 15.3. The second kappa shape index (κ2) is 25.1. The van der Waals surface area contributed by atoms with Crippen molar-refractivity contribution in [2.24, 2.45) is 45.5 Å². The number of nitrogens with two attached hydrogens (primary N) is 2. The van der Waals surface area contributed by atoms with E-state index in [1.54, 1.807) is 24.3 Å². The number of benzene rings is 2. The van der Waals surface area contributed by atoms with E-state index in [4.69, 9.17) is 30.4 Å². The highest BCUT2D eigenvalue weighted by molar-refractivity contribution is 6.01. The van der Waals surface area contributed by atoms with Crippen molar-refractivity contribution < 1.29 is 72.3 Å². The lowest BCUT2D eigenvalue weighted by Crippen LogP contribution is -2.72. The molecule has 1 aliphatic heterocycles.